The summed E-state index contributed by atoms with van der Waals surface area (Å²) in [6, 6.07) is 6.13. The van der Waals surface area contributed by atoms with E-state index in [1.807, 2.05) is 6.07 Å². The van der Waals surface area contributed by atoms with Gasteiger partial charge in [-0.1, -0.05) is 6.07 Å². The molecule has 1 heterocycles. The molecule has 0 aliphatic rings. The second kappa shape index (κ2) is 3.14. The van der Waals surface area contributed by atoms with E-state index in [1.165, 1.54) is 9.13 Å². The van der Waals surface area contributed by atoms with E-state index in [4.69, 9.17) is 5.73 Å². The van der Waals surface area contributed by atoms with Gasteiger partial charge in [-0.25, -0.2) is 0 Å². The van der Waals surface area contributed by atoms with Crippen LogP contribution in [0.3, 0.4) is 0 Å². The summed E-state index contributed by atoms with van der Waals surface area (Å²) in [5.74, 6) is 0. The summed E-state index contributed by atoms with van der Waals surface area (Å²) in [5, 5.41) is 1.14. The largest absolute Gasteiger partial charge is 0.397 e. The van der Waals surface area contributed by atoms with E-state index in [-0.39, 0.29) is 0 Å². The highest BCUT2D eigenvalue weighted by molar-refractivity contribution is 14.1. The van der Waals surface area contributed by atoms with Gasteiger partial charge in [-0.15, -0.1) is 0 Å². The van der Waals surface area contributed by atoms with Gasteiger partial charge in [0.1, 0.15) is 0 Å². The highest BCUT2D eigenvalue weighted by atomic mass is 127. The quantitative estimate of drug-likeness (QED) is 0.755. The first-order valence-electron chi connectivity index (χ1n) is 3.99. The lowest BCUT2D eigenvalue weighted by Gasteiger charge is -2.03. The summed E-state index contributed by atoms with van der Waals surface area (Å²) in [5.41, 5.74) is 8.63. The van der Waals surface area contributed by atoms with E-state index in [2.05, 4.69) is 46.6 Å². The van der Waals surface area contributed by atoms with Crippen molar-refractivity contribution in [1.29, 1.82) is 0 Å². The third-order valence-corrected chi connectivity index (χ3v) is 2.96. The lowest BCUT2D eigenvalue weighted by molar-refractivity contribution is 1.36. The summed E-state index contributed by atoms with van der Waals surface area (Å²) in [4.78, 5) is 4.31. The molecule has 0 spiro atoms. The maximum absolute atomic E-state index is 5.68. The van der Waals surface area contributed by atoms with Gasteiger partial charge in [-0.3, -0.25) is 4.98 Å². The maximum atomic E-state index is 5.68. The molecule has 0 amide bonds. The molecule has 0 fully saturated rings. The van der Waals surface area contributed by atoms with Crippen LogP contribution in [0.25, 0.3) is 10.9 Å². The van der Waals surface area contributed by atoms with Crippen molar-refractivity contribution < 1.29 is 0 Å². The minimum Gasteiger partial charge on any atom is -0.397 e. The third kappa shape index (κ3) is 1.48. The van der Waals surface area contributed by atoms with Crippen LogP contribution >= 0.6 is 22.6 Å². The van der Waals surface area contributed by atoms with Crippen LogP contribution in [0.1, 0.15) is 5.56 Å². The van der Waals surface area contributed by atoms with Gasteiger partial charge in [0.15, 0.2) is 0 Å². The third-order valence-electron chi connectivity index (χ3n) is 2.02. The van der Waals surface area contributed by atoms with Crippen LogP contribution in [0, 0.1) is 10.5 Å². The lowest BCUT2D eigenvalue weighted by Crippen LogP contribution is -1.90. The first kappa shape index (κ1) is 8.74. The number of anilines is 1. The molecule has 0 saturated heterocycles. The highest BCUT2D eigenvalue weighted by Crippen LogP contribution is 2.23. The number of benzene rings is 1. The average Bonchev–Trinajstić information content (AvgIpc) is 2.12. The zero-order chi connectivity index (χ0) is 9.42. The van der Waals surface area contributed by atoms with Crippen molar-refractivity contribution in [3.8, 4) is 0 Å². The maximum Gasteiger partial charge on any atom is 0.0743 e. The Morgan fingerprint density at radius 3 is 2.92 bits per heavy atom. The Morgan fingerprint density at radius 1 is 1.38 bits per heavy atom. The van der Waals surface area contributed by atoms with Gasteiger partial charge in [0.25, 0.3) is 0 Å². The Morgan fingerprint density at radius 2 is 2.15 bits per heavy atom. The predicted octanol–water partition coefficient (Wildman–Crippen LogP) is 2.73. The van der Waals surface area contributed by atoms with Gasteiger partial charge in [0.2, 0.25) is 0 Å². The first-order valence-corrected chi connectivity index (χ1v) is 5.06. The number of aromatic nitrogens is 1. The highest BCUT2D eigenvalue weighted by Gasteiger charge is 2.02. The normalized spacial score (nSPS) is 10.6. The topological polar surface area (TPSA) is 38.9 Å². The van der Waals surface area contributed by atoms with E-state index in [1.54, 1.807) is 6.20 Å². The Labute approximate surface area is 90.3 Å². The number of halogens is 1. The van der Waals surface area contributed by atoms with E-state index >= 15 is 0 Å². The minimum atomic E-state index is 0.719. The van der Waals surface area contributed by atoms with Crippen molar-refractivity contribution in [2.24, 2.45) is 0 Å². The van der Waals surface area contributed by atoms with Crippen molar-refractivity contribution in [3.63, 3.8) is 0 Å². The molecular weight excluding hydrogens is 275 g/mol. The van der Waals surface area contributed by atoms with Gasteiger partial charge in [-0.05, 0) is 47.2 Å². The standard InChI is InChI=1S/C10H9IN2/c1-6-2-3-9(11)8-4-7(12)5-13-10(6)8/h2-5H,12H2,1H3. The number of hydrogen-bond donors (Lipinski definition) is 1. The van der Waals surface area contributed by atoms with Crippen molar-refractivity contribution in [2.45, 2.75) is 6.92 Å². The van der Waals surface area contributed by atoms with Gasteiger partial charge in [0, 0.05) is 8.96 Å². The SMILES string of the molecule is Cc1ccc(I)c2cc(N)cnc12. The first-order chi connectivity index (χ1) is 6.18. The minimum absolute atomic E-state index is 0.719. The Hall–Kier alpha value is -0.840. The summed E-state index contributed by atoms with van der Waals surface area (Å²) in [6.07, 6.45) is 1.70. The number of aryl methyl sites for hydroxylation is 1. The summed E-state index contributed by atoms with van der Waals surface area (Å²) >= 11 is 2.30. The van der Waals surface area contributed by atoms with Gasteiger partial charge in [-0.2, -0.15) is 0 Å². The van der Waals surface area contributed by atoms with Crippen LogP contribution in [0.15, 0.2) is 24.4 Å². The van der Waals surface area contributed by atoms with E-state index in [0.29, 0.717) is 0 Å². The van der Waals surface area contributed by atoms with E-state index < -0.39 is 0 Å². The molecule has 3 heteroatoms. The molecule has 2 aromatic rings. The second-order valence-corrected chi connectivity index (χ2v) is 4.19. The summed E-state index contributed by atoms with van der Waals surface area (Å²) in [7, 11) is 0. The number of nitrogens with two attached hydrogens (primary N) is 1. The fraction of sp³-hybridized carbons (Fsp3) is 0.100. The number of nitrogen functional groups attached to an aromatic ring is 1. The number of nitrogens with zero attached hydrogens (tertiary/aromatic N) is 1. The summed E-state index contributed by atoms with van der Waals surface area (Å²) in [6.45, 7) is 2.06. The number of fused-ring (bicyclic) bond motifs is 1. The Bertz CT molecular complexity index is 466. The second-order valence-electron chi connectivity index (χ2n) is 3.03. The fourth-order valence-electron chi connectivity index (χ4n) is 1.34. The van der Waals surface area contributed by atoms with Crippen molar-refractivity contribution in [3.05, 3.63) is 33.5 Å². The average molecular weight is 284 g/mol. The Balaban J connectivity index is 2.92. The van der Waals surface area contributed by atoms with Crippen LogP contribution in [-0.4, -0.2) is 4.98 Å². The molecular formula is C10H9IN2. The molecule has 0 radical (unpaired) electrons. The van der Waals surface area contributed by atoms with Crippen molar-refractivity contribution >= 4 is 39.2 Å². The van der Waals surface area contributed by atoms with Crippen molar-refractivity contribution in [1.82, 2.24) is 4.98 Å². The van der Waals surface area contributed by atoms with Crippen LogP contribution in [0.2, 0.25) is 0 Å². The molecule has 1 aromatic heterocycles. The molecule has 2 N–H and O–H groups in total. The van der Waals surface area contributed by atoms with Crippen LogP contribution in [0.5, 0.6) is 0 Å². The molecule has 0 aliphatic carbocycles. The molecule has 13 heavy (non-hydrogen) atoms. The van der Waals surface area contributed by atoms with Gasteiger partial charge in [0.05, 0.1) is 17.4 Å². The zero-order valence-electron chi connectivity index (χ0n) is 7.21. The monoisotopic (exact) mass is 284 g/mol. The van der Waals surface area contributed by atoms with Crippen LogP contribution in [-0.2, 0) is 0 Å². The molecule has 0 atom stereocenters. The number of pyridine rings is 1. The molecule has 66 valence electrons. The molecule has 0 bridgehead atoms. The molecule has 0 aliphatic heterocycles. The lowest BCUT2D eigenvalue weighted by atomic mass is 10.1. The van der Waals surface area contributed by atoms with Gasteiger partial charge >= 0.3 is 0 Å². The molecule has 1 aromatic carbocycles. The molecule has 2 nitrogen and oxygen atoms in total. The van der Waals surface area contributed by atoms with Crippen molar-refractivity contribution in [2.75, 3.05) is 5.73 Å². The number of rotatable bonds is 0. The van der Waals surface area contributed by atoms with Crippen LogP contribution < -0.4 is 5.73 Å². The fourth-order valence-corrected chi connectivity index (χ4v) is 1.94. The molecule has 2 rings (SSSR count). The predicted molar refractivity (Wildman–Crippen MR) is 63.6 cm³/mol. The number of hydrogen-bond acceptors (Lipinski definition) is 2. The molecule has 0 unspecified atom stereocenters. The zero-order valence-corrected chi connectivity index (χ0v) is 9.37. The van der Waals surface area contributed by atoms with Crippen LogP contribution in [0.4, 0.5) is 5.69 Å². The van der Waals surface area contributed by atoms with E-state index in [9.17, 15) is 0 Å². The smallest absolute Gasteiger partial charge is 0.0743 e. The molecule has 0 saturated carbocycles. The summed E-state index contributed by atoms with van der Waals surface area (Å²) < 4.78 is 1.19. The van der Waals surface area contributed by atoms with E-state index in [0.717, 1.165) is 16.6 Å². The Kier molecular flexibility index (Phi) is 2.11. The van der Waals surface area contributed by atoms with Gasteiger partial charge < -0.3 is 5.73 Å².